The molecule has 0 rings (SSSR count). The maximum Gasteiger partial charge on any atom is 2.00 e. The van der Waals surface area contributed by atoms with Crippen molar-refractivity contribution in [3.63, 3.8) is 0 Å². The first kappa shape index (κ1) is 16.7. The van der Waals surface area contributed by atoms with Crippen LogP contribution in [-0.4, -0.2) is 99.9 Å². The molecule has 0 saturated carbocycles. The minimum Gasteiger partial charge on any atom is -0.479 e. The third-order valence-corrected chi connectivity index (χ3v) is 1.39. The number of aliphatic hydroxyl groups excluding tert-OH is 4. The van der Waals surface area contributed by atoms with Crippen LogP contribution in [0.3, 0.4) is 0 Å². The summed E-state index contributed by atoms with van der Waals surface area (Å²) in [5.74, 6) is -2.93. The van der Waals surface area contributed by atoms with Gasteiger partial charge in [-0.1, -0.05) is 0 Å². The predicted octanol–water partition coefficient (Wildman–Crippen LogP) is -3.67. The van der Waals surface area contributed by atoms with Gasteiger partial charge in [0.15, 0.2) is 11.9 Å². The van der Waals surface area contributed by atoms with Gasteiger partial charge in [0.25, 0.3) is 0 Å². The van der Waals surface area contributed by atoms with Crippen LogP contribution in [0.15, 0.2) is 0 Å². The van der Waals surface area contributed by atoms with Crippen molar-refractivity contribution in [2.45, 2.75) is 18.3 Å². The second-order valence-corrected chi connectivity index (χ2v) is 2.34. The van der Waals surface area contributed by atoms with E-state index < -0.39 is 36.7 Å². The van der Waals surface area contributed by atoms with E-state index in [9.17, 15) is 9.59 Å². The van der Waals surface area contributed by atoms with Gasteiger partial charge in [-0.25, -0.2) is 4.79 Å². The van der Waals surface area contributed by atoms with Gasteiger partial charge >= 0.3 is 43.7 Å². The fourth-order valence-corrected chi connectivity index (χ4v) is 0.603. The maximum absolute atomic E-state index is 10.5. The average molecular weight is 234 g/mol. The molecular formula is C6H10CaO7+2. The van der Waals surface area contributed by atoms with Crippen molar-refractivity contribution in [2.24, 2.45) is 0 Å². The van der Waals surface area contributed by atoms with Crippen LogP contribution in [0.25, 0.3) is 0 Å². The van der Waals surface area contributed by atoms with Gasteiger partial charge in [-0.2, -0.15) is 0 Å². The smallest absolute Gasteiger partial charge is 0.479 e. The molecule has 7 nitrogen and oxygen atoms in total. The van der Waals surface area contributed by atoms with E-state index in [4.69, 9.17) is 25.5 Å². The average Bonchev–Trinajstić information content (AvgIpc) is 2.12. The Morgan fingerprint density at radius 2 is 1.50 bits per heavy atom. The Kier molecular flexibility index (Phi) is 8.95. The quantitative estimate of drug-likeness (QED) is 0.309. The number of carbonyl (C=O) groups excluding carboxylic acids is 1. The molecule has 0 spiro atoms. The Hall–Kier alpha value is 0.240. The predicted molar refractivity (Wildman–Crippen MR) is 43.5 cm³/mol. The van der Waals surface area contributed by atoms with E-state index >= 15 is 0 Å². The van der Waals surface area contributed by atoms with Crippen molar-refractivity contribution >= 4 is 49.5 Å². The molecule has 0 aromatic carbocycles. The van der Waals surface area contributed by atoms with Gasteiger partial charge in [0.05, 0.1) is 0 Å². The Bertz CT molecular complexity index is 206. The summed E-state index contributed by atoms with van der Waals surface area (Å²) < 4.78 is 0. The summed E-state index contributed by atoms with van der Waals surface area (Å²) in [5, 5.41) is 42.7. The first-order chi connectivity index (χ1) is 5.91. The molecule has 5 N–H and O–H groups in total. The van der Waals surface area contributed by atoms with Crippen LogP contribution in [0, 0.1) is 0 Å². The standard InChI is InChI=1S/C6H10O7.Ca/c7-1-2(8)3(9)4(10)5(11)6(12)13;/h3-5,7,9-11H,1H2,(H,12,13);/q;+2. The van der Waals surface area contributed by atoms with Crippen LogP contribution in [0.5, 0.6) is 0 Å². The molecule has 8 heteroatoms. The molecule has 0 aromatic heterocycles. The third-order valence-electron chi connectivity index (χ3n) is 1.39. The van der Waals surface area contributed by atoms with Crippen molar-refractivity contribution in [3.05, 3.63) is 0 Å². The molecule has 0 aliphatic carbocycles. The zero-order chi connectivity index (χ0) is 10.6. The molecule has 0 amide bonds. The zero-order valence-corrected chi connectivity index (χ0v) is 9.41. The van der Waals surface area contributed by atoms with E-state index in [1.165, 1.54) is 0 Å². The number of Topliss-reactive ketones (excluding diaryl/α,β-unsaturated/α-hetero) is 1. The Balaban J connectivity index is 0. The van der Waals surface area contributed by atoms with Gasteiger partial charge in [-0.3, -0.25) is 4.79 Å². The largest absolute Gasteiger partial charge is 2.00 e. The molecule has 14 heavy (non-hydrogen) atoms. The van der Waals surface area contributed by atoms with Crippen LogP contribution in [-0.2, 0) is 9.59 Å². The molecule has 0 aliphatic rings. The van der Waals surface area contributed by atoms with Crippen LogP contribution in [0.1, 0.15) is 0 Å². The number of ketones is 1. The van der Waals surface area contributed by atoms with Gasteiger partial charge in [0.1, 0.15) is 18.8 Å². The molecule has 0 heterocycles. The molecule has 0 aliphatic heterocycles. The third kappa shape index (κ3) is 4.65. The summed E-state index contributed by atoms with van der Waals surface area (Å²) >= 11 is 0. The van der Waals surface area contributed by atoms with Crippen molar-refractivity contribution in [2.75, 3.05) is 6.61 Å². The van der Waals surface area contributed by atoms with Gasteiger partial charge in [-0.05, 0) is 0 Å². The summed E-state index contributed by atoms with van der Waals surface area (Å²) in [4.78, 5) is 20.6. The number of aliphatic hydroxyl groups is 4. The summed E-state index contributed by atoms with van der Waals surface area (Å²) in [7, 11) is 0. The van der Waals surface area contributed by atoms with Gasteiger partial charge in [0, 0.05) is 0 Å². The van der Waals surface area contributed by atoms with E-state index in [-0.39, 0.29) is 37.7 Å². The number of carboxylic acids is 1. The molecule has 0 fully saturated rings. The Morgan fingerprint density at radius 3 is 1.79 bits per heavy atom. The number of rotatable bonds is 5. The van der Waals surface area contributed by atoms with Gasteiger partial charge in [-0.15, -0.1) is 0 Å². The number of hydrogen-bond acceptors (Lipinski definition) is 6. The molecule has 0 radical (unpaired) electrons. The van der Waals surface area contributed by atoms with E-state index in [1.807, 2.05) is 0 Å². The summed E-state index contributed by atoms with van der Waals surface area (Å²) in [6.07, 6.45) is -6.50. The molecule has 3 atom stereocenters. The monoisotopic (exact) mass is 234 g/mol. The van der Waals surface area contributed by atoms with Gasteiger partial charge < -0.3 is 25.5 Å². The van der Waals surface area contributed by atoms with Crippen LogP contribution in [0.4, 0.5) is 0 Å². The summed E-state index contributed by atoms with van der Waals surface area (Å²) in [6.45, 7) is -1.04. The van der Waals surface area contributed by atoms with E-state index in [1.54, 1.807) is 0 Å². The zero-order valence-electron chi connectivity index (χ0n) is 7.20. The number of hydrogen-bond donors (Lipinski definition) is 5. The number of aliphatic carboxylic acids is 1. The normalized spacial score (nSPS) is 16.3. The van der Waals surface area contributed by atoms with Crippen molar-refractivity contribution in [1.82, 2.24) is 0 Å². The van der Waals surface area contributed by atoms with Gasteiger partial charge in [0.2, 0.25) is 0 Å². The first-order valence-corrected chi connectivity index (χ1v) is 3.32. The van der Waals surface area contributed by atoms with E-state index in [2.05, 4.69) is 0 Å². The summed E-state index contributed by atoms with van der Waals surface area (Å²) in [6, 6.07) is 0. The maximum atomic E-state index is 10.5. The minimum absolute atomic E-state index is 0. The fourth-order valence-electron chi connectivity index (χ4n) is 0.603. The SMILES string of the molecule is O=C(O)C(O)C(O)C(O)C(=O)CO.[Ca+2]. The molecule has 0 saturated heterocycles. The van der Waals surface area contributed by atoms with Crippen LogP contribution < -0.4 is 0 Å². The molecule has 0 bridgehead atoms. The number of carboxylic acid groups (broad SMARTS) is 1. The Morgan fingerprint density at radius 1 is 1.07 bits per heavy atom. The van der Waals surface area contributed by atoms with Crippen LogP contribution >= 0.6 is 0 Å². The van der Waals surface area contributed by atoms with Crippen molar-refractivity contribution in [3.8, 4) is 0 Å². The second kappa shape index (κ2) is 7.52. The van der Waals surface area contributed by atoms with Crippen LogP contribution in [0.2, 0.25) is 0 Å². The van der Waals surface area contributed by atoms with Crippen molar-refractivity contribution in [1.29, 1.82) is 0 Å². The summed E-state index contributed by atoms with van der Waals surface area (Å²) in [5.41, 5.74) is 0. The molecular weight excluding hydrogens is 224 g/mol. The molecule has 3 unspecified atom stereocenters. The van der Waals surface area contributed by atoms with Crippen molar-refractivity contribution < 1.29 is 35.1 Å². The molecule has 0 aromatic rings. The van der Waals surface area contributed by atoms with E-state index in [0.717, 1.165) is 0 Å². The Labute approximate surface area is 109 Å². The minimum atomic E-state index is -2.26. The van der Waals surface area contributed by atoms with E-state index in [0.29, 0.717) is 0 Å². The topological polar surface area (TPSA) is 135 Å². The fraction of sp³-hybridized carbons (Fsp3) is 0.667. The number of carbonyl (C=O) groups is 2. The molecule has 76 valence electrons. The first-order valence-electron chi connectivity index (χ1n) is 3.32. The second-order valence-electron chi connectivity index (χ2n) is 2.34.